The minimum absolute atomic E-state index is 0.143. The Hall–Kier alpha value is -1.78. The highest BCUT2D eigenvalue weighted by atomic mass is 35.5. The second kappa shape index (κ2) is 6.26. The Kier molecular flexibility index (Phi) is 4.45. The van der Waals surface area contributed by atoms with Crippen molar-refractivity contribution in [1.29, 1.82) is 0 Å². The fourth-order valence-corrected chi connectivity index (χ4v) is 3.18. The predicted molar refractivity (Wildman–Crippen MR) is 90.8 cm³/mol. The highest BCUT2D eigenvalue weighted by molar-refractivity contribution is 6.38. The molecule has 0 spiro atoms. The van der Waals surface area contributed by atoms with E-state index in [0.717, 1.165) is 17.2 Å². The number of aromatic nitrogens is 1. The van der Waals surface area contributed by atoms with Crippen LogP contribution in [0.2, 0.25) is 10.0 Å². The maximum Gasteiger partial charge on any atom is 0.433 e. The molecule has 0 aliphatic rings. The Morgan fingerprint density at radius 2 is 1.67 bits per heavy atom. The molecule has 3 aromatic rings. The van der Waals surface area contributed by atoms with Crippen molar-refractivity contribution < 1.29 is 13.2 Å². The van der Waals surface area contributed by atoms with Crippen LogP contribution in [0.25, 0.3) is 10.9 Å². The Balaban J connectivity index is 2.21. The quantitative estimate of drug-likeness (QED) is 0.505. The van der Waals surface area contributed by atoms with Crippen LogP contribution in [-0.4, -0.2) is 4.98 Å². The lowest BCUT2D eigenvalue weighted by atomic mass is 9.99. The van der Waals surface area contributed by atoms with Crippen LogP contribution in [0.15, 0.2) is 42.5 Å². The lowest BCUT2D eigenvalue weighted by molar-refractivity contribution is -0.141. The summed E-state index contributed by atoms with van der Waals surface area (Å²) < 4.78 is 39.5. The molecule has 0 radical (unpaired) electrons. The number of rotatable bonds is 2. The number of pyridine rings is 1. The second-order valence-electron chi connectivity index (χ2n) is 5.61. The third kappa shape index (κ3) is 3.50. The first kappa shape index (κ1) is 17.1. The van der Waals surface area contributed by atoms with E-state index in [1.165, 1.54) is 12.1 Å². The standard InChI is InChI=1S/C18H12Cl2F3N/c1-10-2-4-11(5-3-10)6-12-7-16(18(21,22)23)24-15-9-13(19)8-14(20)17(12)15/h2-5,7-9H,6H2,1H3. The maximum atomic E-state index is 13.2. The van der Waals surface area contributed by atoms with E-state index < -0.39 is 11.9 Å². The smallest absolute Gasteiger partial charge is 0.243 e. The number of hydrogen-bond acceptors (Lipinski definition) is 1. The van der Waals surface area contributed by atoms with Gasteiger partial charge in [-0.3, -0.25) is 0 Å². The topological polar surface area (TPSA) is 12.9 Å². The van der Waals surface area contributed by atoms with E-state index in [-0.39, 0.29) is 10.5 Å². The van der Waals surface area contributed by atoms with Crippen molar-refractivity contribution in [3.05, 3.63) is 74.9 Å². The molecular formula is C18H12Cl2F3N. The summed E-state index contributed by atoms with van der Waals surface area (Å²) in [7, 11) is 0. The first-order valence-electron chi connectivity index (χ1n) is 7.15. The van der Waals surface area contributed by atoms with Gasteiger partial charge in [0.2, 0.25) is 0 Å². The van der Waals surface area contributed by atoms with E-state index in [4.69, 9.17) is 23.2 Å². The Morgan fingerprint density at radius 1 is 1.00 bits per heavy atom. The van der Waals surface area contributed by atoms with Crippen LogP contribution < -0.4 is 0 Å². The van der Waals surface area contributed by atoms with E-state index in [1.54, 1.807) is 0 Å². The summed E-state index contributed by atoms with van der Waals surface area (Å²) in [6.45, 7) is 1.95. The van der Waals surface area contributed by atoms with Gasteiger partial charge in [0.05, 0.1) is 10.5 Å². The molecule has 0 saturated heterocycles. The van der Waals surface area contributed by atoms with Crippen LogP contribution in [0, 0.1) is 6.92 Å². The monoisotopic (exact) mass is 369 g/mol. The normalized spacial score (nSPS) is 11.9. The van der Waals surface area contributed by atoms with E-state index in [0.29, 0.717) is 22.4 Å². The first-order valence-corrected chi connectivity index (χ1v) is 7.91. The number of halogens is 5. The summed E-state index contributed by atoms with van der Waals surface area (Å²) in [6, 6.07) is 11.6. The molecule has 2 aromatic carbocycles. The minimum Gasteiger partial charge on any atom is -0.243 e. The van der Waals surface area contributed by atoms with Gasteiger partial charge in [-0.2, -0.15) is 13.2 Å². The fourth-order valence-electron chi connectivity index (χ4n) is 2.58. The van der Waals surface area contributed by atoms with Crippen molar-refractivity contribution in [2.24, 2.45) is 0 Å². The van der Waals surface area contributed by atoms with Gasteiger partial charge in [-0.15, -0.1) is 0 Å². The third-order valence-corrected chi connectivity index (χ3v) is 4.23. The highest BCUT2D eigenvalue weighted by Crippen LogP contribution is 2.35. The molecular weight excluding hydrogens is 358 g/mol. The van der Waals surface area contributed by atoms with Crippen LogP contribution in [-0.2, 0) is 12.6 Å². The van der Waals surface area contributed by atoms with Crippen LogP contribution >= 0.6 is 23.2 Å². The maximum absolute atomic E-state index is 13.2. The highest BCUT2D eigenvalue weighted by Gasteiger charge is 2.33. The van der Waals surface area contributed by atoms with Crippen molar-refractivity contribution >= 4 is 34.1 Å². The van der Waals surface area contributed by atoms with E-state index >= 15 is 0 Å². The molecule has 0 bridgehead atoms. The number of nitrogens with zero attached hydrogens (tertiary/aromatic N) is 1. The van der Waals surface area contributed by atoms with Gasteiger partial charge in [-0.1, -0.05) is 53.0 Å². The predicted octanol–water partition coefficient (Wildman–Crippen LogP) is 6.46. The molecule has 1 nitrogen and oxygen atoms in total. The second-order valence-corrected chi connectivity index (χ2v) is 6.45. The molecule has 124 valence electrons. The first-order chi connectivity index (χ1) is 11.2. The molecule has 1 heterocycles. The summed E-state index contributed by atoms with van der Waals surface area (Å²) in [5, 5.41) is 1.04. The number of fused-ring (bicyclic) bond motifs is 1. The number of aryl methyl sites for hydroxylation is 1. The summed E-state index contributed by atoms with van der Waals surface area (Å²) in [6.07, 6.45) is -4.21. The lowest BCUT2D eigenvalue weighted by Crippen LogP contribution is -2.09. The Morgan fingerprint density at radius 3 is 2.29 bits per heavy atom. The Bertz CT molecular complexity index is 903. The third-order valence-electron chi connectivity index (χ3n) is 3.71. The van der Waals surface area contributed by atoms with Gasteiger partial charge in [0.25, 0.3) is 0 Å². The van der Waals surface area contributed by atoms with Crippen LogP contribution in [0.5, 0.6) is 0 Å². The van der Waals surface area contributed by atoms with Crippen molar-refractivity contribution in [1.82, 2.24) is 4.98 Å². The number of alkyl halides is 3. The van der Waals surface area contributed by atoms with E-state index in [2.05, 4.69) is 4.98 Å². The van der Waals surface area contributed by atoms with E-state index in [9.17, 15) is 13.2 Å². The van der Waals surface area contributed by atoms with Gasteiger partial charge >= 0.3 is 6.18 Å². The van der Waals surface area contributed by atoms with Gasteiger partial charge < -0.3 is 0 Å². The summed E-state index contributed by atoms with van der Waals surface area (Å²) in [4.78, 5) is 3.69. The van der Waals surface area contributed by atoms with Gasteiger partial charge in [0.1, 0.15) is 5.69 Å². The molecule has 0 fully saturated rings. The average Bonchev–Trinajstić information content (AvgIpc) is 2.47. The molecule has 1 aromatic heterocycles. The van der Waals surface area contributed by atoms with Gasteiger partial charge in [0.15, 0.2) is 0 Å². The molecule has 3 rings (SSSR count). The average molecular weight is 370 g/mol. The zero-order valence-electron chi connectivity index (χ0n) is 12.6. The van der Waals surface area contributed by atoms with E-state index in [1.807, 2.05) is 31.2 Å². The molecule has 24 heavy (non-hydrogen) atoms. The zero-order valence-corrected chi connectivity index (χ0v) is 14.1. The van der Waals surface area contributed by atoms with Crippen molar-refractivity contribution in [2.45, 2.75) is 19.5 Å². The molecule has 0 amide bonds. The van der Waals surface area contributed by atoms with Crippen LogP contribution in [0.1, 0.15) is 22.4 Å². The van der Waals surface area contributed by atoms with Crippen molar-refractivity contribution in [2.75, 3.05) is 0 Å². The van der Waals surface area contributed by atoms with Gasteiger partial charge in [-0.25, -0.2) is 4.98 Å². The molecule has 0 aliphatic heterocycles. The SMILES string of the molecule is Cc1ccc(Cc2cc(C(F)(F)F)nc3cc(Cl)cc(Cl)c23)cc1. The number of hydrogen-bond donors (Lipinski definition) is 0. The van der Waals surface area contributed by atoms with Crippen molar-refractivity contribution in [3.63, 3.8) is 0 Å². The van der Waals surface area contributed by atoms with Gasteiger partial charge in [-0.05, 0) is 42.7 Å². The van der Waals surface area contributed by atoms with Crippen LogP contribution in [0.4, 0.5) is 13.2 Å². The minimum atomic E-state index is -4.54. The largest absolute Gasteiger partial charge is 0.433 e. The molecule has 0 unspecified atom stereocenters. The summed E-state index contributed by atoms with van der Waals surface area (Å²) in [5.74, 6) is 0. The molecule has 0 aliphatic carbocycles. The fraction of sp³-hybridized carbons (Fsp3) is 0.167. The number of benzene rings is 2. The Labute approximate surface area is 147 Å². The molecule has 0 N–H and O–H groups in total. The molecule has 0 atom stereocenters. The van der Waals surface area contributed by atoms with Gasteiger partial charge in [0, 0.05) is 10.4 Å². The van der Waals surface area contributed by atoms with Crippen LogP contribution in [0.3, 0.4) is 0 Å². The molecule has 0 saturated carbocycles. The van der Waals surface area contributed by atoms with Crippen molar-refractivity contribution in [3.8, 4) is 0 Å². The zero-order chi connectivity index (χ0) is 17.5. The molecule has 6 heteroatoms. The lowest BCUT2D eigenvalue weighted by Gasteiger charge is -2.13. The summed E-state index contributed by atoms with van der Waals surface area (Å²) >= 11 is 12.1. The summed E-state index contributed by atoms with van der Waals surface area (Å²) in [5.41, 5.74) is 1.64.